The third-order valence-electron chi connectivity index (χ3n) is 4.92. The zero-order valence-electron chi connectivity index (χ0n) is 16.8. The van der Waals surface area contributed by atoms with Crippen LogP contribution in [0.25, 0.3) is 21.6 Å². The number of nitrogens with two attached hydrogens (primary N) is 1. The molecule has 0 spiro atoms. The highest BCUT2D eigenvalue weighted by Gasteiger charge is 2.19. The lowest BCUT2D eigenvalue weighted by molar-refractivity contribution is 0.102. The van der Waals surface area contributed by atoms with Crippen LogP contribution < -0.4 is 16.4 Å². The van der Waals surface area contributed by atoms with E-state index in [1.807, 2.05) is 35.7 Å². The summed E-state index contributed by atoms with van der Waals surface area (Å²) in [6.45, 7) is 1.32. The Kier molecular flexibility index (Phi) is 5.79. The number of rotatable bonds is 5. The molecule has 1 unspecified atom stereocenters. The first kappa shape index (κ1) is 21.1. The summed E-state index contributed by atoms with van der Waals surface area (Å²) in [5, 5.41) is 5.27. The molecule has 0 aliphatic rings. The van der Waals surface area contributed by atoms with E-state index in [1.165, 1.54) is 6.66 Å². The van der Waals surface area contributed by atoms with Crippen LogP contribution in [0.2, 0.25) is 0 Å². The topological polar surface area (TPSA) is 92.4 Å². The molecule has 1 aromatic heterocycles. The number of amides is 1. The molecule has 0 bridgehead atoms. The normalized spacial score (nSPS) is 12.8. The largest absolute Gasteiger partial charge is 0.397 e. The molecule has 1 atom stereocenters. The van der Waals surface area contributed by atoms with Crippen molar-refractivity contribution in [2.24, 2.45) is 0 Å². The number of nitrogens with one attached hydrogen (secondary N) is 1. The molecule has 1 heterocycles. The highest BCUT2D eigenvalue weighted by Crippen LogP contribution is 2.38. The lowest BCUT2D eigenvalue weighted by Crippen LogP contribution is -2.13. The summed E-state index contributed by atoms with van der Waals surface area (Å²) in [4.78, 5) is 23.9. The van der Waals surface area contributed by atoms with E-state index < -0.39 is 7.37 Å². The summed E-state index contributed by atoms with van der Waals surface area (Å²) in [7, 11) is -3.42. The summed E-state index contributed by atoms with van der Waals surface area (Å²) in [6.07, 6.45) is 0. The van der Waals surface area contributed by atoms with E-state index in [4.69, 9.17) is 5.73 Å². The summed E-state index contributed by atoms with van der Waals surface area (Å²) >= 11 is 1.62. The van der Waals surface area contributed by atoms with Gasteiger partial charge in [-0.15, -0.1) is 11.3 Å². The number of carbonyl (C=O) groups excluding carboxylic acids is 1. The van der Waals surface area contributed by atoms with Crippen LogP contribution in [-0.4, -0.2) is 17.5 Å². The molecule has 4 N–H and O–H groups in total. The summed E-state index contributed by atoms with van der Waals surface area (Å²) in [5.41, 5.74) is 10.00. The number of anilines is 2. The molecule has 0 radical (unpaired) electrons. The number of hydrogen-bond donors (Lipinski definition) is 3. The minimum atomic E-state index is -3.42. The van der Waals surface area contributed by atoms with Gasteiger partial charge in [-0.2, -0.15) is 0 Å². The van der Waals surface area contributed by atoms with Crippen LogP contribution in [0.1, 0.15) is 10.4 Å². The van der Waals surface area contributed by atoms with E-state index in [2.05, 4.69) is 5.32 Å². The smallest absolute Gasteiger partial charge is 0.255 e. The molecule has 0 saturated heterocycles. The zero-order valence-corrected chi connectivity index (χ0v) is 18.5. The third-order valence-corrected chi connectivity index (χ3v) is 7.12. The highest BCUT2D eigenvalue weighted by atomic mass is 32.1. The lowest BCUT2D eigenvalue weighted by atomic mass is 10.0. The predicted molar refractivity (Wildman–Crippen MR) is 129 cm³/mol. The minimum absolute atomic E-state index is 0.279. The maximum Gasteiger partial charge on any atom is 0.255 e. The standard InChI is InChI=1S/C24H21N2O3PS/c1-30(28,29)22-6-3-2-5-19(22)16-8-10-17(11-9-16)24(27)26-21-15-18(12-13-20(21)25)23-7-4-14-31-23/h2-15H,25H2,1H3,(H,26,27)(H,28,29). The molecule has 0 aliphatic carbocycles. The van der Waals surface area contributed by atoms with Gasteiger partial charge in [-0.3, -0.25) is 9.36 Å². The molecule has 31 heavy (non-hydrogen) atoms. The van der Waals surface area contributed by atoms with Crippen molar-refractivity contribution in [3.63, 3.8) is 0 Å². The second-order valence-corrected chi connectivity index (χ2v) is 10.4. The molecule has 4 aromatic rings. The number of thiophene rings is 1. The average Bonchev–Trinajstić information content (AvgIpc) is 3.30. The molecule has 3 aromatic carbocycles. The van der Waals surface area contributed by atoms with Crippen molar-refractivity contribution in [2.75, 3.05) is 17.7 Å². The molecule has 4 rings (SSSR count). The fourth-order valence-corrected chi connectivity index (χ4v) is 5.07. The van der Waals surface area contributed by atoms with Gasteiger partial charge in [-0.1, -0.05) is 42.5 Å². The number of hydrogen-bond acceptors (Lipinski definition) is 4. The van der Waals surface area contributed by atoms with Gasteiger partial charge in [0.2, 0.25) is 7.37 Å². The first-order chi connectivity index (χ1) is 14.8. The quantitative estimate of drug-likeness (QED) is 0.280. The second-order valence-electron chi connectivity index (χ2n) is 7.21. The van der Waals surface area contributed by atoms with Gasteiger partial charge in [-0.25, -0.2) is 0 Å². The number of benzene rings is 3. The lowest BCUT2D eigenvalue weighted by Gasteiger charge is -2.13. The number of carbonyl (C=O) groups is 1. The number of nitrogen functional groups attached to an aromatic ring is 1. The highest BCUT2D eigenvalue weighted by molar-refractivity contribution is 7.65. The summed E-state index contributed by atoms with van der Waals surface area (Å²) in [6, 6.07) is 23.5. The van der Waals surface area contributed by atoms with Crippen LogP contribution in [0, 0.1) is 0 Å². The van der Waals surface area contributed by atoms with Gasteiger partial charge in [0, 0.05) is 22.4 Å². The van der Waals surface area contributed by atoms with Crippen molar-refractivity contribution < 1.29 is 14.3 Å². The molecule has 7 heteroatoms. The van der Waals surface area contributed by atoms with Gasteiger partial charge in [0.25, 0.3) is 5.91 Å². The Morgan fingerprint density at radius 3 is 2.35 bits per heavy atom. The molecular weight excluding hydrogens is 427 g/mol. The Bertz CT molecular complexity index is 1280. The van der Waals surface area contributed by atoms with Crippen molar-refractivity contribution in [2.45, 2.75) is 0 Å². The SMILES string of the molecule is CP(=O)(O)c1ccccc1-c1ccc(C(=O)Nc2cc(-c3cccs3)ccc2N)cc1. The average molecular weight is 448 g/mol. The second kappa shape index (κ2) is 8.52. The molecule has 0 saturated carbocycles. The first-order valence-electron chi connectivity index (χ1n) is 9.58. The van der Waals surface area contributed by atoms with E-state index in [0.29, 0.717) is 27.8 Å². The van der Waals surface area contributed by atoms with Gasteiger partial charge in [0.1, 0.15) is 0 Å². The molecular formula is C24H21N2O3PS. The van der Waals surface area contributed by atoms with Crippen LogP contribution in [-0.2, 0) is 4.57 Å². The van der Waals surface area contributed by atoms with Crippen molar-refractivity contribution in [3.8, 4) is 21.6 Å². The van der Waals surface area contributed by atoms with Crippen molar-refractivity contribution >= 4 is 41.3 Å². The van der Waals surface area contributed by atoms with Gasteiger partial charge in [0.05, 0.1) is 11.4 Å². The van der Waals surface area contributed by atoms with E-state index in [-0.39, 0.29) is 5.91 Å². The van der Waals surface area contributed by atoms with Crippen LogP contribution >= 0.6 is 18.7 Å². The van der Waals surface area contributed by atoms with Gasteiger partial charge in [0.15, 0.2) is 0 Å². The maximum absolute atomic E-state index is 12.8. The fourth-order valence-electron chi connectivity index (χ4n) is 3.34. The minimum Gasteiger partial charge on any atom is -0.397 e. The van der Waals surface area contributed by atoms with Crippen molar-refractivity contribution in [1.82, 2.24) is 0 Å². The van der Waals surface area contributed by atoms with E-state index in [9.17, 15) is 14.3 Å². The predicted octanol–water partition coefficient (Wildman–Crippen LogP) is 5.44. The summed E-state index contributed by atoms with van der Waals surface area (Å²) in [5.74, 6) is -0.279. The fraction of sp³-hybridized carbons (Fsp3) is 0.0417. The Morgan fingerprint density at radius 2 is 1.68 bits per heavy atom. The Labute approximate surface area is 184 Å². The Hall–Kier alpha value is -3.18. The summed E-state index contributed by atoms with van der Waals surface area (Å²) < 4.78 is 12.2. The van der Waals surface area contributed by atoms with E-state index in [0.717, 1.165) is 16.0 Å². The Balaban J connectivity index is 1.58. The molecule has 5 nitrogen and oxygen atoms in total. The van der Waals surface area contributed by atoms with Gasteiger partial charge >= 0.3 is 0 Å². The molecule has 0 aliphatic heterocycles. The molecule has 156 valence electrons. The van der Waals surface area contributed by atoms with Crippen LogP contribution in [0.3, 0.4) is 0 Å². The van der Waals surface area contributed by atoms with Crippen LogP contribution in [0.4, 0.5) is 11.4 Å². The first-order valence-corrected chi connectivity index (χ1v) is 12.6. The van der Waals surface area contributed by atoms with Crippen molar-refractivity contribution in [3.05, 3.63) is 89.8 Å². The van der Waals surface area contributed by atoms with Crippen molar-refractivity contribution in [1.29, 1.82) is 0 Å². The molecule has 1 amide bonds. The van der Waals surface area contributed by atoms with Crippen LogP contribution in [0.5, 0.6) is 0 Å². The molecule has 0 fully saturated rings. The zero-order chi connectivity index (χ0) is 22.0. The van der Waals surface area contributed by atoms with Gasteiger partial charge in [-0.05, 0) is 58.5 Å². The Morgan fingerprint density at radius 1 is 0.968 bits per heavy atom. The van der Waals surface area contributed by atoms with Gasteiger partial charge < -0.3 is 15.9 Å². The third kappa shape index (κ3) is 4.62. The monoisotopic (exact) mass is 448 g/mol. The van der Waals surface area contributed by atoms with E-state index >= 15 is 0 Å². The van der Waals surface area contributed by atoms with E-state index in [1.54, 1.807) is 59.9 Å². The van der Waals surface area contributed by atoms with Crippen LogP contribution in [0.15, 0.2) is 84.2 Å². The maximum atomic E-state index is 12.8.